The number of amides is 1. The summed E-state index contributed by atoms with van der Waals surface area (Å²) in [4.78, 5) is 11.0. The molecule has 0 saturated carbocycles. The van der Waals surface area contributed by atoms with Gasteiger partial charge in [-0.2, -0.15) is 0 Å². The van der Waals surface area contributed by atoms with Gasteiger partial charge in [0.05, 0.1) is 6.61 Å². The third-order valence-corrected chi connectivity index (χ3v) is 9.42. The fourth-order valence-corrected chi connectivity index (χ4v) is 7.96. The highest BCUT2D eigenvalue weighted by Gasteiger charge is 2.39. The van der Waals surface area contributed by atoms with Gasteiger partial charge in [-0.1, -0.05) is 91.0 Å². The molecule has 3 nitrogen and oxygen atoms in total. The Balaban J connectivity index is 2.18. The first-order valence-corrected chi connectivity index (χ1v) is 10.5. The first-order valence-electron chi connectivity index (χ1n) is 8.28. The SMILES string of the molecule is [NH]C(=O)OCC[Si](c1ccccc1)(c1ccccc1)c1ccccc1. The smallest absolute Gasteiger partial charge is 0.426 e. The average Bonchev–Trinajstić information content (AvgIpc) is 2.67. The van der Waals surface area contributed by atoms with E-state index < -0.39 is 14.2 Å². The van der Waals surface area contributed by atoms with E-state index in [1.165, 1.54) is 15.6 Å². The molecule has 3 rings (SSSR count). The number of rotatable bonds is 6. The number of ether oxygens (including phenoxy) is 1. The van der Waals surface area contributed by atoms with Crippen molar-refractivity contribution >= 4 is 29.7 Å². The molecule has 0 heterocycles. The van der Waals surface area contributed by atoms with Crippen LogP contribution < -0.4 is 21.3 Å². The van der Waals surface area contributed by atoms with Crippen LogP contribution in [0.4, 0.5) is 4.79 Å². The molecule has 0 aliphatic carbocycles. The van der Waals surface area contributed by atoms with Gasteiger partial charge in [0, 0.05) is 0 Å². The standard InChI is InChI=1S/C21H20NO2Si/c22-21(23)24-16-17-25(18-10-4-1-5-11-18,19-12-6-2-7-13-19)20-14-8-3-9-15-20/h1-15,22H,16-17H2. The maximum Gasteiger partial charge on any atom is 0.426 e. The van der Waals surface area contributed by atoms with Crippen LogP contribution >= 0.6 is 0 Å². The van der Waals surface area contributed by atoms with E-state index in [0.29, 0.717) is 6.04 Å². The van der Waals surface area contributed by atoms with E-state index in [1.807, 2.05) is 18.2 Å². The first-order chi connectivity index (χ1) is 12.2. The Morgan fingerprint density at radius 2 is 1.08 bits per heavy atom. The van der Waals surface area contributed by atoms with Gasteiger partial charge in [-0.15, -0.1) is 0 Å². The second-order valence-electron chi connectivity index (χ2n) is 5.89. The number of carbonyl (C=O) groups is 1. The molecule has 0 unspecified atom stereocenters. The van der Waals surface area contributed by atoms with Gasteiger partial charge in [-0.3, -0.25) is 0 Å². The minimum Gasteiger partial charge on any atom is -0.449 e. The lowest BCUT2D eigenvalue weighted by molar-refractivity contribution is 0.161. The van der Waals surface area contributed by atoms with Crippen LogP contribution in [0.25, 0.3) is 0 Å². The van der Waals surface area contributed by atoms with E-state index in [-0.39, 0.29) is 6.61 Å². The Morgan fingerprint density at radius 1 is 0.720 bits per heavy atom. The molecule has 0 aromatic heterocycles. The number of benzene rings is 3. The van der Waals surface area contributed by atoms with Crippen LogP contribution in [0.5, 0.6) is 0 Å². The fraction of sp³-hybridized carbons (Fsp3) is 0.0952. The first kappa shape index (κ1) is 17.0. The molecule has 1 N–H and O–H groups in total. The van der Waals surface area contributed by atoms with Crippen LogP contribution in [-0.4, -0.2) is 20.8 Å². The zero-order chi connectivity index (χ0) is 17.5. The molecule has 0 fully saturated rings. The topological polar surface area (TPSA) is 50.1 Å². The van der Waals surface area contributed by atoms with E-state index in [9.17, 15) is 4.79 Å². The molecular formula is C21H20NO2Si. The average molecular weight is 346 g/mol. The zero-order valence-electron chi connectivity index (χ0n) is 13.9. The molecule has 4 heteroatoms. The number of carbonyl (C=O) groups excluding carboxylic acids is 1. The van der Waals surface area contributed by atoms with Crippen LogP contribution in [-0.2, 0) is 4.74 Å². The van der Waals surface area contributed by atoms with E-state index in [0.717, 1.165) is 0 Å². The van der Waals surface area contributed by atoms with E-state index in [1.54, 1.807) is 0 Å². The van der Waals surface area contributed by atoms with Crippen molar-refractivity contribution in [2.24, 2.45) is 0 Å². The summed E-state index contributed by atoms with van der Waals surface area (Å²) in [6.45, 7) is 0.243. The van der Waals surface area contributed by atoms with Gasteiger partial charge in [-0.25, -0.2) is 10.5 Å². The highest BCUT2D eigenvalue weighted by atomic mass is 28.3. The van der Waals surface area contributed by atoms with Gasteiger partial charge in [0.2, 0.25) is 0 Å². The Hall–Kier alpha value is -2.85. The van der Waals surface area contributed by atoms with E-state index in [4.69, 9.17) is 10.5 Å². The maximum absolute atomic E-state index is 11.0. The summed E-state index contributed by atoms with van der Waals surface area (Å²) in [5, 5.41) is 3.82. The highest BCUT2D eigenvalue weighted by molar-refractivity contribution is 7.11. The minimum atomic E-state index is -2.35. The lowest BCUT2D eigenvalue weighted by Crippen LogP contribution is -2.67. The second-order valence-corrected chi connectivity index (χ2v) is 9.93. The molecule has 0 atom stereocenters. The van der Waals surface area contributed by atoms with Gasteiger partial charge in [0.15, 0.2) is 8.07 Å². The summed E-state index contributed by atoms with van der Waals surface area (Å²) in [5.41, 5.74) is 7.05. The van der Waals surface area contributed by atoms with Crippen molar-refractivity contribution in [3.8, 4) is 0 Å². The van der Waals surface area contributed by atoms with Crippen molar-refractivity contribution in [2.75, 3.05) is 6.61 Å². The molecule has 1 amide bonds. The van der Waals surface area contributed by atoms with Gasteiger partial charge in [0.1, 0.15) is 0 Å². The van der Waals surface area contributed by atoms with Crippen molar-refractivity contribution in [3.63, 3.8) is 0 Å². The largest absolute Gasteiger partial charge is 0.449 e. The Bertz CT molecular complexity index is 710. The predicted molar refractivity (Wildman–Crippen MR) is 103 cm³/mol. The third-order valence-electron chi connectivity index (χ3n) is 4.51. The zero-order valence-corrected chi connectivity index (χ0v) is 14.9. The van der Waals surface area contributed by atoms with Crippen LogP contribution in [0.3, 0.4) is 0 Å². The molecule has 0 aliphatic rings. The summed E-state index contributed by atoms with van der Waals surface area (Å²) >= 11 is 0. The molecule has 3 aromatic rings. The molecule has 125 valence electrons. The molecule has 25 heavy (non-hydrogen) atoms. The lowest BCUT2D eigenvalue weighted by atomic mass is 10.3. The molecular weight excluding hydrogens is 326 g/mol. The number of hydrogen-bond donors (Lipinski definition) is 0. The molecule has 3 aromatic carbocycles. The Morgan fingerprint density at radius 3 is 1.40 bits per heavy atom. The normalized spacial score (nSPS) is 11.0. The van der Waals surface area contributed by atoms with Crippen LogP contribution in [0.15, 0.2) is 91.0 Å². The van der Waals surface area contributed by atoms with Crippen molar-refractivity contribution in [1.29, 1.82) is 0 Å². The molecule has 0 bridgehead atoms. The Kier molecular flexibility index (Phi) is 5.31. The Labute approximate surface area is 149 Å². The van der Waals surface area contributed by atoms with Gasteiger partial charge in [0.25, 0.3) is 0 Å². The predicted octanol–water partition coefficient (Wildman–Crippen LogP) is 2.58. The monoisotopic (exact) mass is 346 g/mol. The van der Waals surface area contributed by atoms with Crippen molar-refractivity contribution in [1.82, 2.24) is 5.73 Å². The highest BCUT2D eigenvalue weighted by Crippen LogP contribution is 2.13. The van der Waals surface area contributed by atoms with Crippen LogP contribution in [0.2, 0.25) is 6.04 Å². The maximum atomic E-state index is 11.0. The van der Waals surface area contributed by atoms with Gasteiger partial charge < -0.3 is 4.74 Å². The summed E-state index contributed by atoms with van der Waals surface area (Å²) in [6.07, 6.45) is -0.975. The molecule has 1 radical (unpaired) electrons. The van der Waals surface area contributed by atoms with Gasteiger partial charge >= 0.3 is 6.09 Å². The molecule has 0 saturated heterocycles. The van der Waals surface area contributed by atoms with Crippen LogP contribution in [0, 0.1) is 0 Å². The van der Waals surface area contributed by atoms with Crippen molar-refractivity contribution in [3.05, 3.63) is 91.0 Å². The van der Waals surface area contributed by atoms with Gasteiger partial charge in [-0.05, 0) is 21.6 Å². The fourth-order valence-electron chi connectivity index (χ4n) is 3.40. The summed E-state index contributed by atoms with van der Waals surface area (Å²) in [6, 6.07) is 32.1. The second kappa shape index (κ2) is 7.81. The molecule has 0 aliphatic heterocycles. The minimum absolute atomic E-state index is 0.243. The van der Waals surface area contributed by atoms with Crippen LogP contribution in [0.1, 0.15) is 0 Å². The molecule has 0 spiro atoms. The third kappa shape index (κ3) is 3.64. The van der Waals surface area contributed by atoms with Crippen molar-refractivity contribution in [2.45, 2.75) is 6.04 Å². The quantitative estimate of drug-likeness (QED) is 0.509. The summed E-state index contributed by atoms with van der Waals surface area (Å²) in [5.74, 6) is 0. The van der Waals surface area contributed by atoms with E-state index >= 15 is 0 Å². The number of hydrogen-bond acceptors (Lipinski definition) is 2. The number of nitrogens with one attached hydrogen (secondary N) is 1. The lowest BCUT2D eigenvalue weighted by Gasteiger charge is -2.33. The van der Waals surface area contributed by atoms with E-state index in [2.05, 4.69) is 72.8 Å². The summed E-state index contributed by atoms with van der Waals surface area (Å²) < 4.78 is 5.02. The summed E-state index contributed by atoms with van der Waals surface area (Å²) in [7, 11) is -2.35. The van der Waals surface area contributed by atoms with Crippen molar-refractivity contribution < 1.29 is 9.53 Å².